The Labute approximate surface area is 249 Å². The molecular weight excluding hydrogens is 586 g/mol. The fourth-order valence-corrected chi connectivity index (χ4v) is 3.86. The molecule has 0 saturated heterocycles. The highest BCUT2D eigenvalue weighted by molar-refractivity contribution is 6.02. The van der Waals surface area contributed by atoms with E-state index in [2.05, 4.69) is 32.5 Å². The van der Waals surface area contributed by atoms with Gasteiger partial charge in [-0.2, -0.15) is 13.2 Å². The van der Waals surface area contributed by atoms with Crippen molar-refractivity contribution in [3.63, 3.8) is 0 Å². The number of rotatable bonds is 12. The van der Waals surface area contributed by atoms with Crippen LogP contribution in [0.15, 0.2) is 73.6 Å². The number of alkyl halides is 3. The average Bonchev–Trinajstić information content (AvgIpc) is 2.98. The van der Waals surface area contributed by atoms with E-state index in [1.165, 1.54) is 30.6 Å². The molecule has 0 aliphatic heterocycles. The quantitative estimate of drug-likeness (QED) is 0.0881. The minimum atomic E-state index is -4.91. The minimum Gasteiger partial charge on any atom is -0.491 e. The first-order valence-corrected chi connectivity index (χ1v) is 13.2. The predicted octanol–water partition coefficient (Wildman–Crippen LogP) is 7.15. The Hall–Kier alpha value is -5.24. The summed E-state index contributed by atoms with van der Waals surface area (Å²) in [6, 6.07) is 10.6. The van der Waals surface area contributed by atoms with Crippen LogP contribution in [0.5, 0.6) is 17.4 Å². The Bertz CT molecular complexity index is 1650. The van der Waals surface area contributed by atoms with Crippen molar-refractivity contribution in [3.05, 3.63) is 85.0 Å². The van der Waals surface area contributed by atoms with Gasteiger partial charge in [-0.15, -0.1) is 0 Å². The summed E-state index contributed by atoms with van der Waals surface area (Å²) in [4.78, 5) is 32.9. The van der Waals surface area contributed by atoms with E-state index in [4.69, 9.17) is 14.2 Å². The molecule has 3 N–H and O–H groups in total. The Morgan fingerprint density at radius 3 is 2.39 bits per heavy atom. The molecule has 44 heavy (non-hydrogen) atoms. The number of urea groups is 1. The number of carbonyl (C=O) groups excluding carboxylic acids is 2. The van der Waals surface area contributed by atoms with Crippen molar-refractivity contribution in [1.82, 2.24) is 9.97 Å². The number of halogens is 4. The van der Waals surface area contributed by atoms with Gasteiger partial charge in [0.2, 0.25) is 11.8 Å². The highest BCUT2D eigenvalue weighted by Crippen LogP contribution is 2.36. The van der Waals surface area contributed by atoms with Gasteiger partial charge in [0.1, 0.15) is 23.6 Å². The summed E-state index contributed by atoms with van der Waals surface area (Å²) in [5.41, 5.74) is -0.607. The fraction of sp³-hybridized carbons (Fsp3) is 0.200. The summed E-state index contributed by atoms with van der Waals surface area (Å²) in [7, 11) is 0. The predicted molar refractivity (Wildman–Crippen MR) is 156 cm³/mol. The highest BCUT2D eigenvalue weighted by Gasteiger charge is 2.34. The summed E-state index contributed by atoms with van der Waals surface area (Å²) >= 11 is 0. The first-order valence-electron chi connectivity index (χ1n) is 13.2. The Morgan fingerprint density at radius 2 is 1.68 bits per heavy atom. The maximum atomic E-state index is 13.5. The molecule has 10 nitrogen and oxygen atoms in total. The number of amides is 3. The molecule has 3 amide bonds. The van der Waals surface area contributed by atoms with Crippen molar-refractivity contribution < 1.29 is 41.4 Å². The van der Waals surface area contributed by atoms with Crippen molar-refractivity contribution in [1.29, 1.82) is 0 Å². The van der Waals surface area contributed by atoms with Crippen LogP contribution in [0, 0.1) is 5.82 Å². The maximum absolute atomic E-state index is 13.5. The molecule has 3 aromatic carbocycles. The minimum absolute atomic E-state index is 0.169. The van der Waals surface area contributed by atoms with Crippen LogP contribution in [-0.2, 0) is 15.7 Å². The van der Waals surface area contributed by atoms with Gasteiger partial charge in [-0.3, -0.25) is 4.79 Å². The molecule has 230 valence electrons. The molecule has 0 spiro atoms. The van der Waals surface area contributed by atoms with Gasteiger partial charge < -0.3 is 30.2 Å². The van der Waals surface area contributed by atoms with Gasteiger partial charge in [-0.25, -0.2) is 19.2 Å². The first kappa shape index (κ1) is 31.7. The van der Waals surface area contributed by atoms with E-state index >= 15 is 0 Å². The van der Waals surface area contributed by atoms with Crippen molar-refractivity contribution in [2.45, 2.75) is 19.5 Å². The number of nitrogens with zero attached hydrogens (tertiary/aromatic N) is 2. The third kappa shape index (κ3) is 8.41. The molecule has 0 unspecified atom stereocenters. The summed E-state index contributed by atoms with van der Waals surface area (Å²) in [5.74, 6) is -1.01. The standard InChI is InChI=1S/C30H27F4N5O5/c1-3-27(40)39-25-15-21-24(16-26(25)43-13-5-12-42-4-2)35-17-36-28(21)44-20-9-6-18(7-10-20)37-29(41)38-19-8-11-23(31)22(14-19)30(32,33)34/h3,6-11,14-17H,1,4-5,12-13H2,2H3,(H,39,40)(H2,37,38,41). The van der Waals surface area contributed by atoms with Gasteiger partial charge >= 0.3 is 12.2 Å². The van der Waals surface area contributed by atoms with Gasteiger partial charge in [0.05, 0.1) is 28.8 Å². The molecule has 4 rings (SSSR count). The van der Waals surface area contributed by atoms with Gasteiger partial charge in [0.25, 0.3) is 0 Å². The fourth-order valence-electron chi connectivity index (χ4n) is 3.86. The number of nitrogens with one attached hydrogen (secondary N) is 3. The van der Waals surface area contributed by atoms with Crippen molar-refractivity contribution >= 4 is 39.9 Å². The molecule has 4 aromatic rings. The Morgan fingerprint density at radius 1 is 0.955 bits per heavy atom. The van der Waals surface area contributed by atoms with E-state index in [1.807, 2.05) is 6.92 Å². The number of hydrogen-bond donors (Lipinski definition) is 3. The topological polar surface area (TPSA) is 124 Å². The zero-order valence-electron chi connectivity index (χ0n) is 23.3. The zero-order valence-corrected chi connectivity index (χ0v) is 23.3. The zero-order chi connectivity index (χ0) is 31.7. The van der Waals surface area contributed by atoms with Crippen LogP contribution in [0.25, 0.3) is 10.9 Å². The molecule has 14 heteroatoms. The van der Waals surface area contributed by atoms with Crippen molar-refractivity contribution in [2.24, 2.45) is 0 Å². The molecule has 0 aliphatic carbocycles. The molecule has 0 fully saturated rings. The normalized spacial score (nSPS) is 11.1. The van der Waals surface area contributed by atoms with Crippen molar-refractivity contribution in [2.75, 3.05) is 35.8 Å². The molecule has 0 atom stereocenters. The van der Waals surface area contributed by atoms with Crippen LogP contribution in [0.1, 0.15) is 18.9 Å². The molecule has 0 radical (unpaired) electrons. The van der Waals surface area contributed by atoms with E-state index in [-0.39, 0.29) is 11.6 Å². The number of anilines is 3. The smallest absolute Gasteiger partial charge is 0.419 e. The van der Waals surface area contributed by atoms with E-state index in [0.717, 1.165) is 12.1 Å². The number of hydrogen-bond acceptors (Lipinski definition) is 7. The molecule has 0 saturated carbocycles. The highest BCUT2D eigenvalue weighted by atomic mass is 19.4. The summed E-state index contributed by atoms with van der Waals surface area (Å²) in [5, 5.41) is 7.88. The van der Waals surface area contributed by atoms with Crippen LogP contribution >= 0.6 is 0 Å². The number of fused-ring (bicyclic) bond motifs is 1. The Balaban J connectivity index is 1.47. The van der Waals surface area contributed by atoms with Gasteiger partial charge in [-0.05, 0) is 61.5 Å². The second-order valence-corrected chi connectivity index (χ2v) is 9.03. The van der Waals surface area contributed by atoms with E-state index < -0.39 is 29.5 Å². The molecular formula is C30H27F4N5O5. The largest absolute Gasteiger partial charge is 0.491 e. The SMILES string of the molecule is C=CC(=O)Nc1cc2c(Oc3ccc(NC(=O)Nc4ccc(F)c(C(F)(F)F)c4)cc3)ncnc2cc1OCCCOCC. The first-order chi connectivity index (χ1) is 21.1. The van der Waals surface area contributed by atoms with E-state index in [0.29, 0.717) is 72.2 Å². The monoisotopic (exact) mass is 613 g/mol. The second-order valence-electron chi connectivity index (χ2n) is 9.03. The van der Waals surface area contributed by atoms with Crippen molar-refractivity contribution in [3.8, 4) is 17.4 Å². The molecule has 1 heterocycles. The lowest BCUT2D eigenvalue weighted by molar-refractivity contribution is -0.139. The number of carbonyl (C=O) groups is 2. The van der Waals surface area contributed by atoms with Crippen LogP contribution in [0.3, 0.4) is 0 Å². The van der Waals surface area contributed by atoms with E-state index in [1.54, 1.807) is 12.1 Å². The van der Waals surface area contributed by atoms with Crippen LogP contribution < -0.4 is 25.4 Å². The summed E-state index contributed by atoms with van der Waals surface area (Å²) < 4.78 is 69.5. The number of benzene rings is 3. The van der Waals surface area contributed by atoms with Gasteiger partial charge in [0.15, 0.2) is 0 Å². The lowest BCUT2D eigenvalue weighted by atomic mass is 10.2. The summed E-state index contributed by atoms with van der Waals surface area (Å²) in [6.07, 6.45) is -1.85. The van der Waals surface area contributed by atoms with E-state index in [9.17, 15) is 27.2 Å². The lowest BCUT2D eigenvalue weighted by Crippen LogP contribution is -2.20. The molecule has 0 bridgehead atoms. The van der Waals surface area contributed by atoms with Gasteiger partial charge in [0, 0.05) is 37.1 Å². The lowest BCUT2D eigenvalue weighted by Gasteiger charge is -2.15. The van der Waals surface area contributed by atoms with Crippen LogP contribution in [0.4, 0.5) is 39.4 Å². The molecule has 0 aliphatic rings. The van der Waals surface area contributed by atoms with Crippen LogP contribution in [0.2, 0.25) is 0 Å². The summed E-state index contributed by atoms with van der Waals surface area (Å²) in [6.45, 7) is 6.83. The number of aromatic nitrogens is 2. The maximum Gasteiger partial charge on any atom is 0.419 e. The van der Waals surface area contributed by atoms with Crippen LogP contribution in [-0.4, -0.2) is 41.7 Å². The third-order valence-electron chi connectivity index (χ3n) is 5.89. The van der Waals surface area contributed by atoms with Gasteiger partial charge in [-0.1, -0.05) is 6.58 Å². The third-order valence-corrected chi connectivity index (χ3v) is 5.89. The second kappa shape index (κ2) is 14.3. The number of ether oxygens (including phenoxy) is 3. The molecule has 1 aromatic heterocycles. The Kier molecular flexibility index (Phi) is 10.3. The average molecular weight is 614 g/mol.